The molecule has 0 aromatic heterocycles. The second-order valence-electron chi connectivity index (χ2n) is 4.91. The maximum Gasteiger partial charge on any atom is -0.0348 e. The zero-order valence-corrected chi connectivity index (χ0v) is 11.3. The van der Waals surface area contributed by atoms with Crippen molar-refractivity contribution in [2.24, 2.45) is 0 Å². The smallest absolute Gasteiger partial charge is 0.0348 e. The summed E-state index contributed by atoms with van der Waals surface area (Å²) >= 11 is 0. The van der Waals surface area contributed by atoms with Gasteiger partial charge in [-0.15, -0.1) is 0 Å². The lowest BCUT2D eigenvalue weighted by Gasteiger charge is -2.02. The molecule has 16 heavy (non-hydrogen) atoms. The molecule has 0 aliphatic heterocycles. The van der Waals surface area contributed by atoms with Crippen LogP contribution in [0.2, 0.25) is 0 Å². The van der Waals surface area contributed by atoms with Crippen LogP contribution in [0.4, 0.5) is 0 Å². The van der Waals surface area contributed by atoms with Crippen LogP contribution < -0.4 is 0 Å². The molecule has 95 valence electrons. The van der Waals surface area contributed by atoms with Gasteiger partial charge in [-0.25, -0.2) is 0 Å². The fraction of sp³-hybridized carbons (Fsp3) is 0.875. The van der Waals surface area contributed by atoms with Gasteiger partial charge in [0.2, 0.25) is 0 Å². The Morgan fingerprint density at radius 3 is 1.38 bits per heavy atom. The van der Waals surface area contributed by atoms with E-state index in [0.717, 1.165) is 6.42 Å². The first-order valence-electron chi connectivity index (χ1n) is 7.45. The van der Waals surface area contributed by atoms with Crippen LogP contribution in [-0.4, -0.2) is 0 Å². The van der Waals surface area contributed by atoms with E-state index in [4.69, 9.17) is 6.58 Å². The summed E-state index contributed by atoms with van der Waals surface area (Å²) < 4.78 is 0. The SMILES string of the molecule is [CH]=CCCCCCCCCCCCCCC. The third kappa shape index (κ3) is 13.7. The third-order valence-electron chi connectivity index (χ3n) is 3.22. The molecule has 0 amide bonds. The quantitative estimate of drug-likeness (QED) is 0.333. The number of rotatable bonds is 13. The summed E-state index contributed by atoms with van der Waals surface area (Å²) in [5, 5.41) is 0. The zero-order chi connectivity index (χ0) is 11.9. The first kappa shape index (κ1) is 15.7. The Labute approximate surface area is 104 Å². The molecule has 0 atom stereocenters. The Hall–Kier alpha value is -0.260. The van der Waals surface area contributed by atoms with Crippen molar-refractivity contribution in [2.75, 3.05) is 0 Å². The van der Waals surface area contributed by atoms with Gasteiger partial charge in [0.1, 0.15) is 0 Å². The summed E-state index contributed by atoms with van der Waals surface area (Å²) in [4.78, 5) is 0. The van der Waals surface area contributed by atoms with Gasteiger partial charge in [0.15, 0.2) is 0 Å². The maximum atomic E-state index is 5.33. The molecule has 0 aromatic rings. The molecule has 0 saturated heterocycles. The maximum absolute atomic E-state index is 5.33. The standard InChI is InChI=1S/C16H31/c1-3-5-7-9-11-13-15-16-14-12-10-8-6-4-2/h1,3H,4-16H2,2H3. The summed E-state index contributed by atoms with van der Waals surface area (Å²) in [6, 6.07) is 0. The Bertz CT molecular complexity index is 126. The van der Waals surface area contributed by atoms with Crippen molar-refractivity contribution < 1.29 is 0 Å². The van der Waals surface area contributed by atoms with E-state index in [-0.39, 0.29) is 0 Å². The fourth-order valence-electron chi connectivity index (χ4n) is 2.10. The minimum Gasteiger partial charge on any atom is -0.0845 e. The van der Waals surface area contributed by atoms with E-state index in [1.54, 1.807) is 6.08 Å². The van der Waals surface area contributed by atoms with Crippen LogP contribution in [0.25, 0.3) is 0 Å². The predicted molar refractivity (Wildman–Crippen MR) is 74.6 cm³/mol. The highest BCUT2D eigenvalue weighted by molar-refractivity contribution is 4.61. The Kier molecular flexibility index (Phi) is 14.5. The fourth-order valence-corrected chi connectivity index (χ4v) is 2.10. The van der Waals surface area contributed by atoms with E-state index in [2.05, 4.69) is 6.92 Å². The van der Waals surface area contributed by atoms with Crippen LogP contribution in [0.15, 0.2) is 6.08 Å². The topological polar surface area (TPSA) is 0 Å². The lowest BCUT2D eigenvalue weighted by molar-refractivity contribution is 0.545. The van der Waals surface area contributed by atoms with E-state index in [9.17, 15) is 0 Å². The van der Waals surface area contributed by atoms with Gasteiger partial charge < -0.3 is 0 Å². The van der Waals surface area contributed by atoms with Crippen LogP contribution in [0.1, 0.15) is 90.4 Å². The van der Waals surface area contributed by atoms with E-state index in [0.29, 0.717) is 0 Å². The highest BCUT2D eigenvalue weighted by Crippen LogP contribution is 2.12. The lowest BCUT2D eigenvalue weighted by Crippen LogP contribution is -1.82. The van der Waals surface area contributed by atoms with Crippen molar-refractivity contribution in [3.63, 3.8) is 0 Å². The predicted octanol–water partition coefficient (Wildman–Crippen LogP) is 6.07. The highest BCUT2D eigenvalue weighted by atomic mass is 14.0. The number of unbranched alkanes of at least 4 members (excludes halogenated alkanes) is 12. The molecule has 0 heterocycles. The van der Waals surface area contributed by atoms with Crippen molar-refractivity contribution in [1.29, 1.82) is 0 Å². The van der Waals surface area contributed by atoms with Crippen LogP contribution in [0.3, 0.4) is 0 Å². The molecule has 0 spiro atoms. The second kappa shape index (κ2) is 14.7. The Morgan fingerprint density at radius 1 is 0.625 bits per heavy atom. The van der Waals surface area contributed by atoms with Gasteiger partial charge in [-0.1, -0.05) is 90.2 Å². The van der Waals surface area contributed by atoms with Crippen LogP contribution >= 0.6 is 0 Å². The van der Waals surface area contributed by atoms with Gasteiger partial charge in [-0.05, 0) is 12.8 Å². The minimum absolute atomic E-state index is 1.09. The molecule has 0 aliphatic rings. The Balaban J connectivity index is 2.85. The molecular formula is C16H31. The zero-order valence-electron chi connectivity index (χ0n) is 11.3. The first-order valence-corrected chi connectivity index (χ1v) is 7.45. The van der Waals surface area contributed by atoms with E-state index >= 15 is 0 Å². The summed E-state index contributed by atoms with van der Waals surface area (Å²) in [7, 11) is 0. The highest BCUT2D eigenvalue weighted by Gasteiger charge is 1.92. The molecular weight excluding hydrogens is 192 g/mol. The normalized spacial score (nSPS) is 10.6. The van der Waals surface area contributed by atoms with Gasteiger partial charge in [0.05, 0.1) is 0 Å². The molecule has 0 heteroatoms. The lowest BCUT2D eigenvalue weighted by atomic mass is 10.0. The summed E-state index contributed by atoms with van der Waals surface area (Å²) in [6.45, 7) is 7.61. The minimum atomic E-state index is 1.09. The van der Waals surface area contributed by atoms with Gasteiger partial charge in [-0.2, -0.15) is 0 Å². The average molecular weight is 223 g/mol. The molecule has 0 unspecified atom stereocenters. The number of hydrogen-bond donors (Lipinski definition) is 0. The van der Waals surface area contributed by atoms with Crippen LogP contribution in [0, 0.1) is 6.58 Å². The van der Waals surface area contributed by atoms with Crippen molar-refractivity contribution in [1.82, 2.24) is 0 Å². The van der Waals surface area contributed by atoms with Gasteiger partial charge in [-0.3, -0.25) is 0 Å². The van der Waals surface area contributed by atoms with E-state index in [1.165, 1.54) is 77.0 Å². The summed E-state index contributed by atoms with van der Waals surface area (Å²) in [6.07, 6.45) is 19.9. The van der Waals surface area contributed by atoms with Crippen molar-refractivity contribution in [2.45, 2.75) is 90.4 Å². The van der Waals surface area contributed by atoms with E-state index < -0.39 is 0 Å². The average Bonchev–Trinajstić information content (AvgIpc) is 2.31. The van der Waals surface area contributed by atoms with Crippen molar-refractivity contribution in [3.8, 4) is 0 Å². The van der Waals surface area contributed by atoms with Gasteiger partial charge in [0, 0.05) is 0 Å². The monoisotopic (exact) mass is 223 g/mol. The van der Waals surface area contributed by atoms with Crippen molar-refractivity contribution in [3.05, 3.63) is 12.7 Å². The Morgan fingerprint density at radius 2 is 1.00 bits per heavy atom. The van der Waals surface area contributed by atoms with Crippen LogP contribution in [0.5, 0.6) is 0 Å². The van der Waals surface area contributed by atoms with Gasteiger partial charge >= 0.3 is 0 Å². The van der Waals surface area contributed by atoms with Gasteiger partial charge in [0.25, 0.3) is 0 Å². The molecule has 0 fully saturated rings. The molecule has 0 nitrogen and oxygen atoms in total. The second-order valence-corrected chi connectivity index (χ2v) is 4.91. The molecule has 0 aromatic carbocycles. The summed E-state index contributed by atoms with van der Waals surface area (Å²) in [5.74, 6) is 0. The molecule has 0 saturated carbocycles. The molecule has 0 N–H and O–H groups in total. The van der Waals surface area contributed by atoms with Crippen LogP contribution in [-0.2, 0) is 0 Å². The number of allylic oxidation sites excluding steroid dienone is 1. The largest absolute Gasteiger partial charge is 0.0845 e. The van der Waals surface area contributed by atoms with Crippen molar-refractivity contribution >= 4 is 0 Å². The first-order chi connectivity index (χ1) is 7.91. The third-order valence-corrected chi connectivity index (χ3v) is 3.22. The molecule has 0 aliphatic carbocycles. The summed E-state index contributed by atoms with van der Waals surface area (Å²) in [5.41, 5.74) is 0. The molecule has 1 radical (unpaired) electrons. The molecule has 0 bridgehead atoms. The van der Waals surface area contributed by atoms with E-state index in [1.807, 2.05) is 0 Å². The molecule has 0 rings (SSSR count). The number of hydrogen-bond acceptors (Lipinski definition) is 0.